The highest BCUT2D eigenvalue weighted by atomic mass is 16.5. The van der Waals surface area contributed by atoms with Crippen LogP contribution in [0.4, 0.5) is 0 Å². The molecule has 2 fully saturated rings. The third-order valence-electron chi connectivity index (χ3n) is 5.39. The van der Waals surface area contributed by atoms with Gasteiger partial charge in [-0.15, -0.1) is 0 Å². The van der Waals surface area contributed by atoms with Crippen molar-refractivity contribution in [2.75, 3.05) is 53.6 Å². The van der Waals surface area contributed by atoms with Crippen LogP contribution in [0.1, 0.15) is 38.5 Å². The van der Waals surface area contributed by atoms with Crippen molar-refractivity contribution < 1.29 is 9.84 Å². The van der Waals surface area contributed by atoms with Crippen molar-refractivity contribution >= 4 is 5.96 Å². The molecule has 23 heavy (non-hydrogen) atoms. The van der Waals surface area contributed by atoms with Crippen LogP contribution in [0.25, 0.3) is 0 Å². The van der Waals surface area contributed by atoms with Gasteiger partial charge in [0.15, 0.2) is 5.96 Å². The molecule has 2 aliphatic rings. The fourth-order valence-corrected chi connectivity index (χ4v) is 3.68. The lowest BCUT2D eigenvalue weighted by Crippen LogP contribution is -2.46. The molecule has 1 saturated heterocycles. The Balaban J connectivity index is 1.68. The van der Waals surface area contributed by atoms with Gasteiger partial charge in [0.25, 0.3) is 0 Å². The molecule has 0 aromatic heterocycles. The molecule has 0 aromatic carbocycles. The summed E-state index contributed by atoms with van der Waals surface area (Å²) in [5.41, 5.74) is 0.0486. The van der Waals surface area contributed by atoms with E-state index in [0.717, 1.165) is 57.7 Å². The van der Waals surface area contributed by atoms with E-state index in [9.17, 15) is 5.11 Å². The van der Waals surface area contributed by atoms with Gasteiger partial charge in [-0.25, -0.2) is 0 Å². The largest absolute Gasteiger partial charge is 0.396 e. The molecular formula is C17H34N4O2. The molecule has 1 saturated carbocycles. The number of likely N-dealkylation sites (N-methyl/N-ethyl adjacent to an activating group) is 1. The van der Waals surface area contributed by atoms with E-state index in [0.29, 0.717) is 0 Å². The molecule has 0 amide bonds. The van der Waals surface area contributed by atoms with Gasteiger partial charge in [-0.05, 0) is 32.7 Å². The van der Waals surface area contributed by atoms with Crippen LogP contribution >= 0.6 is 0 Å². The average Bonchev–Trinajstić information content (AvgIpc) is 3.23. The summed E-state index contributed by atoms with van der Waals surface area (Å²) in [4.78, 5) is 6.77. The van der Waals surface area contributed by atoms with E-state index in [-0.39, 0.29) is 12.0 Å². The number of guanidine groups is 1. The second kappa shape index (κ2) is 9.45. The Morgan fingerprint density at radius 1 is 1.35 bits per heavy atom. The molecule has 1 atom stereocenters. The first-order valence-corrected chi connectivity index (χ1v) is 9.02. The topological polar surface area (TPSA) is 69.1 Å². The molecule has 6 heteroatoms. The molecule has 2 rings (SSSR count). The number of ether oxygens (including phenoxy) is 1. The lowest BCUT2D eigenvalue weighted by Gasteiger charge is -2.28. The molecule has 0 spiro atoms. The standard InChI is InChI=1S/C17H34N4O2/c1-18-16(19-9-10-21(2)15-5-3-4-6-15)20-13-17(7-11-22)8-12-23-14-17/h15,22H,3-14H2,1-2H3,(H2,18,19,20). The smallest absolute Gasteiger partial charge is 0.191 e. The monoisotopic (exact) mass is 326 g/mol. The molecule has 0 aromatic rings. The summed E-state index contributed by atoms with van der Waals surface area (Å²) in [6.07, 6.45) is 7.21. The van der Waals surface area contributed by atoms with Gasteiger partial charge in [0.1, 0.15) is 0 Å². The van der Waals surface area contributed by atoms with E-state index in [4.69, 9.17) is 4.74 Å². The van der Waals surface area contributed by atoms with Crippen molar-refractivity contribution in [1.29, 1.82) is 0 Å². The van der Waals surface area contributed by atoms with Crippen LogP contribution in [0.5, 0.6) is 0 Å². The number of hydrogen-bond acceptors (Lipinski definition) is 4. The highest BCUT2D eigenvalue weighted by Crippen LogP contribution is 2.31. The number of rotatable bonds is 8. The minimum absolute atomic E-state index is 0.0486. The first-order chi connectivity index (χ1) is 11.2. The van der Waals surface area contributed by atoms with Crippen molar-refractivity contribution in [3.8, 4) is 0 Å². The van der Waals surface area contributed by atoms with Crippen molar-refractivity contribution in [1.82, 2.24) is 15.5 Å². The SMILES string of the molecule is CN=C(NCCN(C)C1CCCC1)NCC1(CCO)CCOC1. The van der Waals surface area contributed by atoms with E-state index in [1.807, 2.05) is 0 Å². The van der Waals surface area contributed by atoms with Gasteiger partial charge < -0.3 is 25.4 Å². The first-order valence-electron chi connectivity index (χ1n) is 9.02. The van der Waals surface area contributed by atoms with Crippen LogP contribution < -0.4 is 10.6 Å². The van der Waals surface area contributed by atoms with Crippen LogP contribution in [0.15, 0.2) is 4.99 Å². The minimum Gasteiger partial charge on any atom is -0.396 e. The zero-order valence-electron chi connectivity index (χ0n) is 14.8. The zero-order chi connectivity index (χ0) is 16.5. The maximum Gasteiger partial charge on any atom is 0.191 e. The summed E-state index contributed by atoms with van der Waals surface area (Å²) >= 11 is 0. The Hall–Kier alpha value is -0.850. The molecule has 1 aliphatic carbocycles. The second-order valence-electron chi connectivity index (χ2n) is 7.05. The van der Waals surface area contributed by atoms with Gasteiger partial charge in [-0.2, -0.15) is 0 Å². The normalized spacial score (nSPS) is 26.2. The molecular weight excluding hydrogens is 292 g/mol. The maximum absolute atomic E-state index is 9.29. The Kier molecular flexibility index (Phi) is 7.59. The molecule has 6 nitrogen and oxygen atoms in total. The van der Waals surface area contributed by atoms with E-state index in [1.165, 1.54) is 25.7 Å². The van der Waals surface area contributed by atoms with Gasteiger partial charge >= 0.3 is 0 Å². The summed E-state index contributed by atoms with van der Waals surface area (Å²) < 4.78 is 5.53. The number of aliphatic hydroxyl groups is 1. The Morgan fingerprint density at radius 3 is 2.74 bits per heavy atom. The zero-order valence-corrected chi connectivity index (χ0v) is 14.8. The summed E-state index contributed by atoms with van der Waals surface area (Å²) in [6.45, 7) is 4.46. The summed E-state index contributed by atoms with van der Waals surface area (Å²) in [5, 5.41) is 16.1. The molecule has 0 radical (unpaired) electrons. The van der Waals surface area contributed by atoms with Crippen LogP contribution in [0, 0.1) is 5.41 Å². The molecule has 134 valence electrons. The highest BCUT2D eigenvalue weighted by molar-refractivity contribution is 5.79. The Bertz CT molecular complexity index is 364. The average molecular weight is 326 g/mol. The lowest BCUT2D eigenvalue weighted by atomic mass is 9.84. The minimum atomic E-state index is 0.0486. The predicted octanol–water partition coefficient (Wildman–Crippen LogP) is 0.815. The number of aliphatic imine (C=N–C) groups is 1. The van der Waals surface area contributed by atoms with Crippen molar-refractivity contribution in [2.24, 2.45) is 10.4 Å². The summed E-state index contributed by atoms with van der Waals surface area (Å²) in [5.74, 6) is 0.842. The van der Waals surface area contributed by atoms with E-state index in [2.05, 4.69) is 27.6 Å². The van der Waals surface area contributed by atoms with Gasteiger partial charge in [-0.1, -0.05) is 12.8 Å². The van der Waals surface area contributed by atoms with Crippen LogP contribution in [-0.4, -0.2) is 75.6 Å². The number of nitrogens with one attached hydrogen (secondary N) is 2. The molecule has 0 bridgehead atoms. The Labute approximate surface area is 140 Å². The number of aliphatic hydroxyl groups excluding tert-OH is 1. The summed E-state index contributed by atoms with van der Waals surface area (Å²) in [6, 6.07) is 0.759. The van der Waals surface area contributed by atoms with Crippen LogP contribution in [0.2, 0.25) is 0 Å². The highest BCUT2D eigenvalue weighted by Gasteiger charge is 2.34. The number of nitrogens with zero attached hydrogens (tertiary/aromatic N) is 2. The molecule has 1 aliphatic heterocycles. The quantitative estimate of drug-likeness (QED) is 0.455. The third kappa shape index (κ3) is 5.62. The number of hydrogen-bond donors (Lipinski definition) is 3. The molecule has 3 N–H and O–H groups in total. The van der Waals surface area contributed by atoms with Crippen molar-refractivity contribution in [3.63, 3.8) is 0 Å². The van der Waals surface area contributed by atoms with E-state index >= 15 is 0 Å². The Morgan fingerprint density at radius 2 is 2.13 bits per heavy atom. The van der Waals surface area contributed by atoms with E-state index in [1.54, 1.807) is 7.05 Å². The third-order valence-corrected chi connectivity index (χ3v) is 5.39. The van der Waals surface area contributed by atoms with Crippen LogP contribution in [0.3, 0.4) is 0 Å². The van der Waals surface area contributed by atoms with Gasteiger partial charge in [0.05, 0.1) is 6.61 Å². The fraction of sp³-hybridized carbons (Fsp3) is 0.941. The summed E-state index contributed by atoms with van der Waals surface area (Å²) in [7, 11) is 4.03. The predicted molar refractivity (Wildman–Crippen MR) is 93.8 cm³/mol. The maximum atomic E-state index is 9.29. The van der Waals surface area contributed by atoms with Gasteiger partial charge in [0.2, 0.25) is 0 Å². The van der Waals surface area contributed by atoms with Crippen LogP contribution in [-0.2, 0) is 4.74 Å². The molecule has 1 unspecified atom stereocenters. The van der Waals surface area contributed by atoms with Crippen molar-refractivity contribution in [2.45, 2.75) is 44.6 Å². The first kappa shape index (κ1) is 18.5. The van der Waals surface area contributed by atoms with Gasteiger partial charge in [-0.3, -0.25) is 4.99 Å². The fourth-order valence-electron chi connectivity index (χ4n) is 3.68. The van der Waals surface area contributed by atoms with Crippen molar-refractivity contribution in [3.05, 3.63) is 0 Å². The second-order valence-corrected chi connectivity index (χ2v) is 7.05. The van der Waals surface area contributed by atoms with Gasteiger partial charge in [0, 0.05) is 51.4 Å². The lowest BCUT2D eigenvalue weighted by molar-refractivity contribution is 0.127. The molecule has 1 heterocycles. The van der Waals surface area contributed by atoms with E-state index < -0.39 is 0 Å².